The topological polar surface area (TPSA) is 68.1 Å². The Hall–Kier alpha value is -2.02. The fraction of sp³-hybridized carbons (Fsp3) is 0.182. The van der Waals surface area contributed by atoms with E-state index < -0.39 is 16.4 Å². The monoisotopic (exact) mass is 267 g/mol. The third-order valence-corrected chi connectivity index (χ3v) is 3.03. The van der Waals surface area contributed by atoms with Crippen LogP contribution in [0.25, 0.3) is 0 Å². The second kappa shape index (κ2) is 5.09. The van der Waals surface area contributed by atoms with Gasteiger partial charge in [-0.25, -0.2) is 4.98 Å². The number of anilines is 1. The summed E-state index contributed by atoms with van der Waals surface area (Å²) in [6.07, 6.45) is 0. The van der Waals surface area contributed by atoms with E-state index in [-0.39, 0.29) is 6.04 Å². The van der Waals surface area contributed by atoms with Crippen molar-refractivity contribution >= 4 is 22.7 Å². The second-order valence-electron chi connectivity index (χ2n) is 3.70. The molecular formula is C11H10FN3O2S. The highest BCUT2D eigenvalue weighted by atomic mass is 32.1. The largest absolute Gasteiger partial charge is 0.377 e. The molecule has 18 heavy (non-hydrogen) atoms. The van der Waals surface area contributed by atoms with Gasteiger partial charge in [-0.1, -0.05) is 0 Å². The van der Waals surface area contributed by atoms with Crippen LogP contribution in [0.1, 0.15) is 18.7 Å². The molecule has 0 radical (unpaired) electrons. The van der Waals surface area contributed by atoms with E-state index in [9.17, 15) is 14.5 Å². The highest BCUT2D eigenvalue weighted by Crippen LogP contribution is 2.25. The van der Waals surface area contributed by atoms with Crippen LogP contribution in [0.5, 0.6) is 0 Å². The molecule has 0 aliphatic rings. The van der Waals surface area contributed by atoms with E-state index >= 15 is 0 Å². The van der Waals surface area contributed by atoms with Crippen molar-refractivity contribution in [2.75, 3.05) is 5.32 Å². The van der Waals surface area contributed by atoms with Gasteiger partial charge in [0.15, 0.2) is 0 Å². The molecule has 94 valence electrons. The quantitative estimate of drug-likeness (QED) is 0.681. The summed E-state index contributed by atoms with van der Waals surface area (Å²) in [6, 6.07) is 3.62. The standard InChI is InChI=1S/C11H10FN3O2S/c1-7(10-5-18-6-13-10)14-8-2-3-9(12)11(4-8)15(16)17/h2-7,14H,1H3. The van der Waals surface area contributed by atoms with Gasteiger partial charge in [-0.05, 0) is 19.1 Å². The second-order valence-corrected chi connectivity index (χ2v) is 4.42. The maximum atomic E-state index is 13.2. The Bertz CT molecular complexity index is 559. The fourth-order valence-corrected chi connectivity index (χ4v) is 2.15. The first-order valence-corrected chi connectivity index (χ1v) is 6.11. The molecule has 0 aliphatic heterocycles. The van der Waals surface area contributed by atoms with E-state index in [1.165, 1.54) is 23.5 Å². The Morgan fingerprint density at radius 2 is 2.33 bits per heavy atom. The van der Waals surface area contributed by atoms with E-state index in [1.54, 1.807) is 5.51 Å². The molecule has 0 spiro atoms. The van der Waals surface area contributed by atoms with Crippen molar-refractivity contribution in [3.8, 4) is 0 Å². The van der Waals surface area contributed by atoms with Gasteiger partial charge >= 0.3 is 5.69 Å². The summed E-state index contributed by atoms with van der Waals surface area (Å²) in [7, 11) is 0. The molecule has 1 heterocycles. The summed E-state index contributed by atoms with van der Waals surface area (Å²) < 4.78 is 13.2. The lowest BCUT2D eigenvalue weighted by atomic mass is 10.2. The minimum Gasteiger partial charge on any atom is -0.377 e. The Morgan fingerprint density at radius 1 is 1.56 bits per heavy atom. The van der Waals surface area contributed by atoms with Crippen LogP contribution in [0.15, 0.2) is 29.1 Å². The van der Waals surface area contributed by atoms with Gasteiger partial charge in [0.25, 0.3) is 0 Å². The van der Waals surface area contributed by atoms with Gasteiger partial charge in [0.2, 0.25) is 5.82 Å². The van der Waals surface area contributed by atoms with Gasteiger partial charge in [0, 0.05) is 17.1 Å². The first-order valence-electron chi connectivity index (χ1n) is 5.16. The van der Waals surface area contributed by atoms with Crippen LogP contribution < -0.4 is 5.32 Å². The van der Waals surface area contributed by atoms with Crippen molar-refractivity contribution in [2.24, 2.45) is 0 Å². The average molecular weight is 267 g/mol. The molecule has 0 amide bonds. The zero-order chi connectivity index (χ0) is 13.1. The molecule has 5 nitrogen and oxygen atoms in total. The van der Waals surface area contributed by atoms with Crippen molar-refractivity contribution in [1.29, 1.82) is 0 Å². The molecule has 1 atom stereocenters. The lowest BCUT2D eigenvalue weighted by Gasteiger charge is -2.12. The van der Waals surface area contributed by atoms with Crippen molar-refractivity contribution in [3.63, 3.8) is 0 Å². The van der Waals surface area contributed by atoms with Crippen molar-refractivity contribution in [3.05, 3.63) is 50.7 Å². The van der Waals surface area contributed by atoms with Gasteiger partial charge in [-0.2, -0.15) is 4.39 Å². The summed E-state index contributed by atoms with van der Waals surface area (Å²) in [5, 5.41) is 15.5. The summed E-state index contributed by atoms with van der Waals surface area (Å²) in [5.41, 5.74) is 2.50. The van der Waals surface area contributed by atoms with Crippen LogP contribution in [0.3, 0.4) is 0 Å². The van der Waals surface area contributed by atoms with Crippen LogP contribution in [-0.4, -0.2) is 9.91 Å². The Balaban J connectivity index is 2.20. The predicted molar refractivity (Wildman–Crippen MR) is 67.2 cm³/mol. The van der Waals surface area contributed by atoms with Crippen molar-refractivity contribution in [2.45, 2.75) is 13.0 Å². The van der Waals surface area contributed by atoms with Crippen molar-refractivity contribution in [1.82, 2.24) is 4.98 Å². The maximum Gasteiger partial charge on any atom is 0.306 e. The zero-order valence-corrected chi connectivity index (χ0v) is 10.3. The van der Waals surface area contributed by atoms with E-state index in [0.29, 0.717) is 5.69 Å². The molecule has 0 saturated heterocycles. The number of hydrogen-bond donors (Lipinski definition) is 1. The first-order chi connectivity index (χ1) is 8.58. The Kier molecular flexibility index (Phi) is 3.52. The number of nitro groups is 1. The molecule has 0 aliphatic carbocycles. The number of rotatable bonds is 4. The summed E-state index contributed by atoms with van der Waals surface area (Å²) in [6.45, 7) is 1.88. The van der Waals surface area contributed by atoms with Crippen LogP contribution in [-0.2, 0) is 0 Å². The number of hydrogen-bond acceptors (Lipinski definition) is 5. The molecule has 0 saturated carbocycles. The average Bonchev–Trinajstić information content (AvgIpc) is 2.85. The van der Waals surface area contributed by atoms with E-state index in [0.717, 1.165) is 11.8 Å². The molecule has 1 N–H and O–H groups in total. The van der Waals surface area contributed by atoms with Crippen LogP contribution in [0.4, 0.5) is 15.8 Å². The summed E-state index contributed by atoms with van der Waals surface area (Å²) in [4.78, 5) is 14.0. The number of nitrogens with one attached hydrogen (secondary N) is 1. The number of nitro benzene ring substituents is 1. The Morgan fingerprint density at radius 3 is 2.94 bits per heavy atom. The molecule has 1 aromatic heterocycles. The molecule has 0 fully saturated rings. The van der Waals surface area contributed by atoms with Crippen LogP contribution >= 0.6 is 11.3 Å². The van der Waals surface area contributed by atoms with Gasteiger partial charge in [0.1, 0.15) is 0 Å². The number of halogens is 1. The summed E-state index contributed by atoms with van der Waals surface area (Å²) >= 11 is 1.47. The molecule has 2 rings (SSSR count). The third kappa shape index (κ3) is 2.62. The SMILES string of the molecule is CC(Nc1ccc(F)c([N+](=O)[O-])c1)c1cscn1. The number of benzene rings is 1. The zero-order valence-electron chi connectivity index (χ0n) is 9.46. The number of nitrogens with zero attached hydrogens (tertiary/aromatic N) is 2. The van der Waals surface area contributed by atoms with E-state index in [4.69, 9.17) is 0 Å². The normalized spacial score (nSPS) is 12.1. The molecule has 2 aromatic rings. The van der Waals surface area contributed by atoms with E-state index in [1.807, 2.05) is 12.3 Å². The first kappa shape index (κ1) is 12.4. The lowest BCUT2D eigenvalue weighted by molar-refractivity contribution is -0.387. The number of thiazole rings is 1. The molecule has 1 aromatic carbocycles. The van der Waals surface area contributed by atoms with Gasteiger partial charge < -0.3 is 5.32 Å². The van der Waals surface area contributed by atoms with Crippen LogP contribution in [0.2, 0.25) is 0 Å². The smallest absolute Gasteiger partial charge is 0.306 e. The predicted octanol–water partition coefficient (Wildman–Crippen LogP) is 3.36. The molecule has 7 heteroatoms. The minimum absolute atomic E-state index is 0.0960. The maximum absolute atomic E-state index is 13.2. The van der Waals surface area contributed by atoms with Gasteiger partial charge in [-0.15, -0.1) is 11.3 Å². The van der Waals surface area contributed by atoms with Crippen LogP contribution in [0, 0.1) is 15.9 Å². The Labute approximate surface area is 106 Å². The highest BCUT2D eigenvalue weighted by Gasteiger charge is 2.15. The number of aromatic nitrogens is 1. The highest BCUT2D eigenvalue weighted by molar-refractivity contribution is 7.07. The van der Waals surface area contributed by atoms with Crippen molar-refractivity contribution < 1.29 is 9.31 Å². The minimum atomic E-state index is -0.841. The van der Waals surface area contributed by atoms with Gasteiger partial charge in [-0.3, -0.25) is 10.1 Å². The lowest BCUT2D eigenvalue weighted by Crippen LogP contribution is -2.07. The molecule has 0 bridgehead atoms. The molecule has 1 unspecified atom stereocenters. The van der Waals surface area contributed by atoms with E-state index in [2.05, 4.69) is 10.3 Å². The summed E-state index contributed by atoms with van der Waals surface area (Å²) in [5.74, 6) is -0.841. The molecular weight excluding hydrogens is 257 g/mol. The third-order valence-electron chi connectivity index (χ3n) is 2.42. The van der Waals surface area contributed by atoms with Gasteiger partial charge in [0.05, 0.1) is 22.2 Å². The fourth-order valence-electron chi connectivity index (χ4n) is 1.50.